The van der Waals surface area contributed by atoms with E-state index in [1.165, 1.54) is 0 Å². The Kier molecular flexibility index (Phi) is 4.17. The molecule has 0 amide bonds. The highest BCUT2D eigenvalue weighted by Crippen LogP contribution is 2.31. The Hall–Kier alpha value is -2.65. The van der Waals surface area contributed by atoms with Crippen LogP contribution in [0.1, 0.15) is 11.5 Å². The van der Waals surface area contributed by atoms with E-state index in [1.807, 2.05) is 30.3 Å². The lowest BCUT2D eigenvalue weighted by Crippen LogP contribution is -1.88. The van der Waals surface area contributed by atoms with Crippen molar-refractivity contribution in [2.75, 3.05) is 7.11 Å². The van der Waals surface area contributed by atoms with Crippen LogP contribution in [0.2, 0.25) is 0 Å². The summed E-state index contributed by atoms with van der Waals surface area (Å²) in [7, 11) is 1.59. The molecule has 0 atom stereocenters. The minimum absolute atomic E-state index is 0.237. The molecule has 0 aliphatic rings. The van der Waals surface area contributed by atoms with E-state index in [-0.39, 0.29) is 5.89 Å². The third-order valence-electron chi connectivity index (χ3n) is 2.79. The molecule has 0 saturated heterocycles. The molecule has 0 unspecified atom stereocenters. The van der Waals surface area contributed by atoms with Crippen molar-refractivity contribution in [2.45, 2.75) is 0 Å². The summed E-state index contributed by atoms with van der Waals surface area (Å²) in [5.74, 6) is 6.98. The van der Waals surface area contributed by atoms with E-state index in [1.54, 1.807) is 19.5 Å². The zero-order valence-electron chi connectivity index (χ0n) is 11.6. The highest BCUT2D eigenvalue weighted by atomic mass is 79.9. The smallest absolute Gasteiger partial charge is 0.294 e. The van der Waals surface area contributed by atoms with E-state index in [0.29, 0.717) is 17.2 Å². The van der Waals surface area contributed by atoms with Gasteiger partial charge in [-0.3, -0.25) is 4.98 Å². The van der Waals surface area contributed by atoms with E-state index >= 15 is 0 Å². The number of methoxy groups -OCH3 is 1. The van der Waals surface area contributed by atoms with Crippen LogP contribution in [0.3, 0.4) is 0 Å². The van der Waals surface area contributed by atoms with Crippen LogP contribution in [0, 0.1) is 11.8 Å². The number of aromatic nitrogens is 3. The fourth-order valence-corrected chi connectivity index (χ4v) is 2.15. The molecular formula is C16H10BrN3O2. The Morgan fingerprint density at radius 2 is 2.09 bits per heavy atom. The number of ether oxygens (including phenoxy) is 1. The number of hydrogen-bond donors (Lipinski definition) is 0. The third kappa shape index (κ3) is 3.15. The first-order chi connectivity index (χ1) is 10.8. The van der Waals surface area contributed by atoms with Crippen molar-refractivity contribution in [1.82, 2.24) is 15.2 Å². The lowest BCUT2D eigenvalue weighted by Gasteiger charge is -2.04. The van der Waals surface area contributed by atoms with Gasteiger partial charge in [-0.05, 0) is 36.3 Å². The maximum atomic E-state index is 5.57. The van der Waals surface area contributed by atoms with Gasteiger partial charge >= 0.3 is 0 Å². The summed E-state index contributed by atoms with van der Waals surface area (Å²) < 4.78 is 11.8. The van der Waals surface area contributed by atoms with Gasteiger partial charge < -0.3 is 9.15 Å². The van der Waals surface area contributed by atoms with Crippen LogP contribution < -0.4 is 4.74 Å². The second kappa shape index (κ2) is 6.41. The van der Waals surface area contributed by atoms with Crippen molar-refractivity contribution >= 4 is 15.9 Å². The fourth-order valence-electron chi connectivity index (χ4n) is 1.79. The molecule has 0 aliphatic carbocycles. The second-order valence-electron chi connectivity index (χ2n) is 4.25. The van der Waals surface area contributed by atoms with Crippen molar-refractivity contribution in [3.05, 3.63) is 58.7 Å². The average Bonchev–Trinajstić information content (AvgIpc) is 3.03. The van der Waals surface area contributed by atoms with Crippen LogP contribution in [0.15, 0.2) is 51.6 Å². The molecule has 2 heterocycles. The molecule has 0 spiro atoms. The Balaban J connectivity index is 1.92. The minimum atomic E-state index is 0.237. The second-order valence-corrected chi connectivity index (χ2v) is 5.16. The summed E-state index contributed by atoms with van der Waals surface area (Å²) in [6, 6.07) is 9.22. The molecule has 0 aliphatic heterocycles. The van der Waals surface area contributed by atoms with Crippen LogP contribution >= 0.6 is 15.9 Å². The topological polar surface area (TPSA) is 61.0 Å². The summed E-state index contributed by atoms with van der Waals surface area (Å²) >= 11 is 3.41. The van der Waals surface area contributed by atoms with Gasteiger partial charge in [-0.1, -0.05) is 26.9 Å². The molecule has 3 aromatic rings. The van der Waals surface area contributed by atoms with Crippen LogP contribution in [0.5, 0.6) is 5.75 Å². The predicted octanol–water partition coefficient (Wildman–Crippen LogP) is 3.30. The Morgan fingerprint density at radius 1 is 1.18 bits per heavy atom. The van der Waals surface area contributed by atoms with Crippen molar-refractivity contribution in [1.29, 1.82) is 0 Å². The lowest BCUT2D eigenvalue weighted by atomic mass is 10.2. The molecule has 0 radical (unpaired) electrons. The molecule has 0 saturated carbocycles. The van der Waals surface area contributed by atoms with Crippen molar-refractivity contribution in [2.24, 2.45) is 0 Å². The van der Waals surface area contributed by atoms with Gasteiger partial charge in [0.1, 0.15) is 5.75 Å². The fraction of sp³-hybridized carbons (Fsp3) is 0.0625. The van der Waals surface area contributed by atoms with Gasteiger partial charge in [0, 0.05) is 22.4 Å². The molecule has 22 heavy (non-hydrogen) atoms. The van der Waals surface area contributed by atoms with Gasteiger partial charge in [0.05, 0.1) is 12.7 Å². The summed E-state index contributed by atoms with van der Waals surface area (Å²) in [6.07, 6.45) is 3.36. The first kappa shape index (κ1) is 14.3. The quantitative estimate of drug-likeness (QED) is 0.660. The van der Waals surface area contributed by atoms with Crippen molar-refractivity contribution in [3.8, 4) is 29.0 Å². The monoisotopic (exact) mass is 355 g/mol. The van der Waals surface area contributed by atoms with E-state index < -0.39 is 0 Å². The molecule has 0 bridgehead atoms. The van der Waals surface area contributed by atoms with Gasteiger partial charge in [-0.25, -0.2) is 0 Å². The summed E-state index contributed by atoms with van der Waals surface area (Å²) in [4.78, 5) is 3.99. The first-order valence-electron chi connectivity index (χ1n) is 6.36. The maximum absolute atomic E-state index is 5.57. The minimum Gasteiger partial charge on any atom is -0.496 e. The van der Waals surface area contributed by atoms with Gasteiger partial charge in [-0.2, -0.15) is 0 Å². The molecule has 1 aromatic carbocycles. The summed E-state index contributed by atoms with van der Waals surface area (Å²) in [5.41, 5.74) is 1.49. The lowest BCUT2D eigenvalue weighted by molar-refractivity contribution is 0.414. The largest absolute Gasteiger partial charge is 0.496 e. The molecule has 2 aromatic heterocycles. The normalized spacial score (nSPS) is 9.91. The Bertz CT molecular complexity index is 851. The van der Waals surface area contributed by atoms with E-state index in [4.69, 9.17) is 9.15 Å². The SMILES string of the molecule is COc1ccc(Br)cc1-c1nnc(C#Cc2cccnc2)o1. The molecular weight excluding hydrogens is 346 g/mol. The van der Waals surface area contributed by atoms with Gasteiger partial charge in [0.15, 0.2) is 0 Å². The highest BCUT2D eigenvalue weighted by Gasteiger charge is 2.13. The van der Waals surface area contributed by atoms with Crippen LogP contribution in [0.25, 0.3) is 11.5 Å². The first-order valence-corrected chi connectivity index (χ1v) is 7.15. The van der Waals surface area contributed by atoms with E-state index in [2.05, 4.69) is 43.0 Å². The number of rotatable bonds is 2. The molecule has 0 N–H and O–H groups in total. The number of hydrogen-bond acceptors (Lipinski definition) is 5. The average molecular weight is 356 g/mol. The molecule has 3 rings (SSSR count). The standard InChI is InChI=1S/C16H10BrN3O2/c1-21-14-6-5-12(17)9-13(14)16-20-19-15(22-16)7-4-11-3-2-8-18-10-11/h2-3,5-6,8-10H,1H3. The Labute approximate surface area is 135 Å². The van der Waals surface area contributed by atoms with Gasteiger partial charge in [0.2, 0.25) is 0 Å². The molecule has 5 nitrogen and oxygen atoms in total. The van der Waals surface area contributed by atoms with E-state index in [0.717, 1.165) is 10.0 Å². The summed E-state index contributed by atoms with van der Waals surface area (Å²) in [5, 5.41) is 7.94. The number of halogens is 1. The number of pyridine rings is 1. The van der Waals surface area contributed by atoms with Gasteiger partial charge in [-0.15, -0.1) is 5.10 Å². The molecule has 6 heteroatoms. The van der Waals surface area contributed by atoms with Crippen molar-refractivity contribution in [3.63, 3.8) is 0 Å². The predicted molar refractivity (Wildman–Crippen MR) is 84.2 cm³/mol. The van der Waals surface area contributed by atoms with Crippen LogP contribution in [-0.4, -0.2) is 22.3 Å². The summed E-state index contributed by atoms with van der Waals surface area (Å²) in [6.45, 7) is 0. The molecule has 108 valence electrons. The number of nitrogens with zero attached hydrogens (tertiary/aromatic N) is 3. The van der Waals surface area contributed by atoms with E-state index in [9.17, 15) is 0 Å². The van der Waals surface area contributed by atoms with Crippen LogP contribution in [-0.2, 0) is 0 Å². The maximum Gasteiger partial charge on any atom is 0.294 e. The third-order valence-corrected chi connectivity index (χ3v) is 3.29. The molecule has 0 fully saturated rings. The van der Waals surface area contributed by atoms with Crippen LogP contribution in [0.4, 0.5) is 0 Å². The Morgan fingerprint density at radius 3 is 2.86 bits per heavy atom. The highest BCUT2D eigenvalue weighted by molar-refractivity contribution is 9.10. The zero-order chi connectivity index (χ0) is 15.4. The van der Waals surface area contributed by atoms with Gasteiger partial charge in [0.25, 0.3) is 11.8 Å². The number of benzene rings is 1. The van der Waals surface area contributed by atoms with Crippen molar-refractivity contribution < 1.29 is 9.15 Å². The zero-order valence-corrected chi connectivity index (χ0v) is 13.2.